The van der Waals surface area contributed by atoms with Gasteiger partial charge in [-0.05, 0) is 36.1 Å². The molecule has 0 unspecified atom stereocenters. The lowest BCUT2D eigenvalue weighted by molar-refractivity contribution is 0.0574. The Bertz CT molecular complexity index is 912. The zero-order valence-electron chi connectivity index (χ0n) is 13.9. The van der Waals surface area contributed by atoms with Crippen molar-refractivity contribution in [3.63, 3.8) is 0 Å². The summed E-state index contributed by atoms with van der Waals surface area (Å²) in [5.41, 5.74) is 1.91. The number of aromatic nitrogens is 2. The molecule has 0 spiro atoms. The van der Waals surface area contributed by atoms with Crippen molar-refractivity contribution in [3.05, 3.63) is 52.0 Å². The molecule has 7 heteroatoms. The van der Waals surface area contributed by atoms with Gasteiger partial charge in [0.1, 0.15) is 5.75 Å². The SMILES string of the molecule is COc1ccccc1-c1noc(C2CN(C(=O)c3cc(C)cs3)C2)n1. The summed E-state index contributed by atoms with van der Waals surface area (Å²) in [6.45, 7) is 3.19. The maximum Gasteiger partial charge on any atom is 0.263 e. The normalized spacial score (nSPS) is 14.4. The van der Waals surface area contributed by atoms with Crippen LogP contribution in [0.5, 0.6) is 5.75 Å². The number of rotatable bonds is 4. The van der Waals surface area contributed by atoms with E-state index in [1.165, 1.54) is 11.3 Å². The average Bonchev–Trinajstić information content (AvgIpc) is 3.23. The third kappa shape index (κ3) is 2.91. The molecule has 1 fully saturated rings. The van der Waals surface area contributed by atoms with Crippen LogP contribution < -0.4 is 4.74 Å². The number of amides is 1. The fourth-order valence-corrected chi connectivity index (χ4v) is 3.70. The fourth-order valence-electron chi connectivity index (χ4n) is 2.84. The van der Waals surface area contributed by atoms with Crippen molar-refractivity contribution >= 4 is 17.2 Å². The summed E-state index contributed by atoms with van der Waals surface area (Å²) in [4.78, 5) is 19.5. The molecule has 1 saturated heterocycles. The van der Waals surface area contributed by atoms with Gasteiger partial charge in [0.25, 0.3) is 5.91 Å². The van der Waals surface area contributed by atoms with Gasteiger partial charge in [0.15, 0.2) is 0 Å². The van der Waals surface area contributed by atoms with Crippen LogP contribution >= 0.6 is 11.3 Å². The molecule has 1 aromatic carbocycles. The molecule has 0 atom stereocenters. The van der Waals surface area contributed by atoms with Gasteiger partial charge in [0.05, 0.1) is 23.5 Å². The quantitative estimate of drug-likeness (QED) is 0.718. The molecule has 0 saturated carbocycles. The molecule has 0 bridgehead atoms. The first-order chi connectivity index (χ1) is 12.2. The minimum absolute atomic E-state index is 0.0683. The van der Waals surface area contributed by atoms with E-state index in [0.29, 0.717) is 30.6 Å². The minimum Gasteiger partial charge on any atom is -0.496 e. The number of thiophene rings is 1. The van der Waals surface area contributed by atoms with Crippen LogP contribution in [0, 0.1) is 6.92 Å². The number of para-hydroxylation sites is 1. The lowest BCUT2D eigenvalue weighted by Gasteiger charge is -2.36. The van der Waals surface area contributed by atoms with Crippen LogP contribution in [0.1, 0.15) is 27.0 Å². The highest BCUT2D eigenvalue weighted by Crippen LogP contribution is 2.32. The van der Waals surface area contributed by atoms with Gasteiger partial charge in [-0.3, -0.25) is 4.79 Å². The molecule has 3 aromatic rings. The summed E-state index contributed by atoms with van der Waals surface area (Å²) in [7, 11) is 1.61. The van der Waals surface area contributed by atoms with E-state index < -0.39 is 0 Å². The molecule has 2 aromatic heterocycles. The summed E-state index contributed by atoms with van der Waals surface area (Å²) in [5.74, 6) is 1.92. The van der Waals surface area contributed by atoms with Gasteiger partial charge in [0.2, 0.25) is 11.7 Å². The average molecular weight is 355 g/mol. The molecule has 3 heterocycles. The monoisotopic (exact) mass is 355 g/mol. The van der Waals surface area contributed by atoms with E-state index in [-0.39, 0.29) is 11.8 Å². The van der Waals surface area contributed by atoms with Crippen LogP contribution in [-0.4, -0.2) is 41.1 Å². The number of aryl methyl sites for hydroxylation is 1. The van der Waals surface area contributed by atoms with E-state index in [1.54, 1.807) is 7.11 Å². The Morgan fingerprint density at radius 3 is 2.88 bits per heavy atom. The Morgan fingerprint density at radius 2 is 2.16 bits per heavy atom. The van der Waals surface area contributed by atoms with E-state index in [1.807, 2.05) is 47.5 Å². The topological polar surface area (TPSA) is 68.5 Å². The van der Waals surface area contributed by atoms with Crippen LogP contribution in [0.15, 0.2) is 40.2 Å². The Kier molecular flexibility index (Phi) is 4.01. The molecule has 6 nitrogen and oxygen atoms in total. The molecule has 0 N–H and O–H groups in total. The first-order valence-electron chi connectivity index (χ1n) is 7.97. The summed E-state index contributed by atoms with van der Waals surface area (Å²) in [6.07, 6.45) is 0. The van der Waals surface area contributed by atoms with E-state index in [2.05, 4.69) is 10.1 Å². The molecule has 0 radical (unpaired) electrons. The van der Waals surface area contributed by atoms with Crippen molar-refractivity contribution in [3.8, 4) is 17.1 Å². The zero-order chi connectivity index (χ0) is 17.4. The van der Waals surface area contributed by atoms with Gasteiger partial charge in [-0.1, -0.05) is 17.3 Å². The Morgan fingerprint density at radius 1 is 1.36 bits per heavy atom. The second kappa shape index (κ2) is 6.33. The number of benzene rings is 1. The molecular formula is C18H17N3O3S. The van der Waals surface area contributed by atoms with Crippen molar-refractivity contribution in [2.75, 3.05) is 20.2 Å². The smallest absolute Gasteiger partial charge is 0.263 e. The number of ether oxygens (including phenoxy) is 1. The molecule has 4 rings (SSSR count). The standard InChI is InChI=1S/C18H17N3O3S/c1-11-7-15(25-10-11)18(22)21-8-12(9-21)17-19-16(20-24-17)13-5-3-4-6-14(13)23-2/h3-7,10,12H,8-9H2,1-2H3. The predicted octanol–water partition coefficient (Wildman–Crippen LogP) is 3.35. The number of nitrogens with zero attached hydrogens (tertiary/aromatic N) is 3. The lowest BCUT2D eigenvalue weighted by Crippen LogP contribution is -2.48. The number of hydrogen-bond acceptors (Lipinski definition) is 6. The number of hydrogen-bond donors (Lipinski definition) is 0. The molecule has 1 aliphatic rings. The van der Waals surface area contributed by atoms with Crippen LogP contribution in [0.3, 0.4) is 0 Å². The predicted molar refractivity (Wildman–Crippen MR) is 94.0 cm³/mol. The second-order valence-corrected chi connectivity index (χ2v) is 6.96. The number of likely N-dealkylation sites (tertiary alicyclic amines) is 1. The molecule has 25 heavy (non-hydrogen) atoms. The van der Waals surface area contributed by atoms with Crippen molar-refractivity contribution in [1.82, 2.24) is 15.0 Å². The van der Waals surface area contributed by atoms with Gasteiger partial charge in [-0.15, -0.1) is 11.3 Å². The van der Waals surface area contributed by atoms with Gasteiger partial charge in [-0.25, -0.2) is 0 Å². The van der Waals surface area contributed by atoms with Crippen molar-refractivity contribution in [2.45, 2.75) is 12.8 Å². The summed E-state index contributed by atoms with van der Waals surface area (Å²) < 4.78 is 10.7. The third-order valence-corrected chi connectivity index (χ3v) is 5.28. The number of carbonyl (C=O) groups excluding carboxylic acids is 1. The number of methoxy groups -OCH3 is 1. The Labute approximate surface area is 149 Å². The number of carbonyl (C=O) groups is 1. The van der Waals surface area contributed by atoms with Crippen LogP contribution in [0.4, 0.5) is 0 Å². The van der Waals surface area contributed by atoms with Gasteiger partial charge >= 0.3 is 0 Å². The highest BCUT2D eigenvalue weighted by atomic mass is 32.1. The van der Waals surface area contributed by atoms with Crippen LogP contribution in [0.2, 0.25) is 0 Å². The Balaban J connectivity index is 1.45. The minimum atomic E-state index is 0.0683. The van der Waals surface area contributed by atoms with E-state index in [0.717, 1.165) is 16.0 Å². The molecule has 1 aliphatic heterocycles. The third-order valence-electron chi connectivity index (χ3n) is 4.25. The van der Waals surface area contributed by atoms with E-state index in [4.69, 9.17) is 9.26 Å². The Hall–Kier alpha value is -2.67. The fraction of sp³-hybridized carbons (Fsp3) is 0.278. The first kappa shape index (κ1) is 15.8. The molecular weight excluding hydrogens is 338 g/mol. The van der Waals surface area contributed by atoms with E-state index in [9.17, 15) is 4.79 Å². The van der Waals surface area contributed by atoms with E-state index >= 15 is 0 Å². The van der Waals surface area contributed by atoms with Crippen LogP contribution in [-0.2, 0) is 0 Å². The summed E-state index contributed by atoms with van der Waals surface area (Å²) in [6, 6.07) is 9.47. The highest BCUT2D eigenvalue weighted by Gasteiger charge is 2.36. The maximum atomic E-state index is 12.4. The van der Waals surface area contributed by atoms with Gasteiger partial charge in [-0.2, -0.15) is 4.98 Å². The van der Waals surface area contributed by atoms with Crippen molar-refractivity contribution in [1.29, 1.82) is 0 Å². The molecule has 128 valence electrons. The largest absolute Gasteiger partial charge is 0.496 e. The second-order valence-electron chi connectivity index (χ2n) is 6.05. The first-order valence-corrected chi connectivity index (χ1v) is 8.85. The molecule has 0 aliphatic carbocycles. The van der Waals surface area contributed by atoms with Crippen molar-refractivity contribution in [2.24, 2.45) is 0 Å². The molecule has 1 amide bonds. The lowest BCUT2D eigenvalue weighted by atomic mass is 10.00. The van der Waals surface area contributed by atoms with Gasteiger partial charge < -0.3 is 14.2 Å². The van der Waals surface area contributed by atoms with Crippen molar-refractivity contribution < 1.29 is 14.1 Å². The van der Waals surface area contributed by atoms with Gasteiger partial charge in [0, 0.05) is 13.1 Å². The summed E-state index contributed by atoms with van der Waals surface area (Å²) >= 11 is 1.48. The highest BCUT2D eigenvalue weighted by molar-refractivity contribution is 7.12. The zero-order valence-corrected chi connectivity index (χ0v) is 14.7. The van der Waals surface area contributed by atoms with Crippen LogP contribution in [0.25, 0.3) is 11.4 Å². The maximum absolute atomic E-state index is 12.4. The summed E-state index contributed by atoms with van der Waals surface area (Å²) in [5, 5.41) is 6.05.